The first-order chi connectivity index (χ1) is 13.8. The lowest BCUT2D eigenvalue weighted by atomic mass is 10.0. The number of rotatable bonds is 7. The minimum Gasteiger partial charge on any atom is -0.480 e. The summed E-state index contributed by atoms with van der Waals surface area (Å²) < 4.78 is 0. The molecule has 3 N–H and O–H groups in total. The molecule has 150 valence electrons. The Morgan fingerprint density at radius 1 is 1.07 bits per heavy atom. The number of amides is 1. The molecule has 0 fully saturated rings. The normalized spacial score (nSPS) is 12.1. The molecule has 0 bridgehead atoms. The van der Waals surface area contributed by atoms with E-state index in [-0.39, 0.29) is 17.9 Å². The first-order valence-electron chi connectivity index (χ1n) is 9.57. The molecule has 0 aliphatic carbocycles. The lowest BCUT2D eigenvalue weighted by molar-refractivity contribution is -0.139. The number of carboxylic acid groups (broad SMARTS) is 1. The molecule has 6 heteroatoms. The SMILES string of the molecule is CC(C)C[C@H](NC(=O)c1c[nH]c2ccc(Cc3ccccc3)cc2c1=O)C(=O)O. The van der Waals surface area contributed by atoms with Crippen molar-refractivity contribution in [1.29, 1.82) is 0 Å². The van der Waals surface area contributed by atoms with Gasteiger partial charge in [-0.15, -0.1) is 0 Å². The molecule has 0 spiro atoms. The molecule has 3 rings (SSSR count). The van der Waals surface area contributed by atoms with Crippen molar-refractivity contribution in [1.82, 2.24) is 10.3 Å². The Morgan fingerprint density at radius 2 is 1.79 bits per heavy atom. The fourth-order valence-electron chi connectivity index (χ4n) is 3.30. The molecule has 0 aliphatic heterocycles. The molecule has 2 aromatic carbocycles. The zero-order valence-electron chi connectivity index (χ0n) is 16.4. The van der Waals surface area contributed by atoms with E-state index < -0.39 is 23.3 Å². The number of aromatic nitrogens is 1. The molecular weight excluding hydrogens is 368 g/mol. The van der Waals surface area contributed by atoms with E-state index in [2.05, 4.69) is 10.3 Å². The third-order valence-electron chi connectivity index (χ3n) is 4.75. The second-order valence-corrected chi connectivity index (χ2v) is 7.57. The number of nitrogens with one attached hydrogen (secondary N) is 2. The van der Waals surface area contributed by atoms with E-state index in [0.29, 0.717) is 17.3 Å². The van der Waals surface area contributed by atoms with Crippen LogP contribution in [0.25, 0.3) is 10.9 Å². The van der Waals surface area contributed by atoms with E-state index in [1.165, 1.54) is 6.20 Å². The van der Waals surface area contributed by atoms with Crippen LogP contribution in [0.5, 0.6) is 0 Å². The zero-order chi connectivity index (χ0) is 21.0. The van der Waals surface area contributed by atoms with Crippen molar-refractivity contribution in [3.63, 3.8) is 0 Å². The number of benzene rings is 2. The average Bonchev–Trinajstić information content (AvgIpc) is 2.68. The van der Waals surface area contributed by atoms with Gasteiger partial charge < -0.3 is 15.4 Å². The Balaban J connectivity index is 1.90. The standard InChI is InChI=1S/C23H24N2O4/c1-14(2)10-20(23(28)29)25-22(27)18-13-24-19-9-8-16(12-17(19)21(18)26)11-15-6-4-3-5-7-15/h3-9,12-14,20H,10-11H2,1-2H3,(H,24,26)(H,25,27)(H,28,29)/t20-/m0/s1. The van der Waals surface area contributed by atoms with Gasteiger partial charge in [-0.3, -0.25) is 9.59 Å². The molecule has 0 saturated heterocycles. The van der Waals surface area contributed by atoms with Crippen molar-refractivity contribution in [2.24, 2.45) is 5.92 Å². The van der Waals surface area contributed by atoms with Gasteiger partial charge in [0.2, 0.25) is 5.43 Å². The number of aliphatic carboxylic acids is 1. The summed E-state index contributed by atoms with van der Waals surface area (Å²) in [6.07, 6.45) is 2.29. The highest BCUT2D eigenvalue weighted by molar-refractivity contribution is 5.99. The molecule has 29 heavy (non-hydrogen) atoms. The number of fused-ring (bicyclic) bond motifs is 1. The predicted octanol–water partition coefficient (Wildman–Crippen LogP) is 3.35. The van der Waals surface area contributed by atoms with Gasteiger partial charge in [-0.05, 0) is 42.0 Å². The number of hydrogen-bond acceptors (Lipinski definition) is 3. The number of H-pyrrole nitrogens is 1. The minimum absolute atomic E-state index is 0.0897. The number of hydrogen-bond donors (Lipinski definition) is 3. The average molecular weight is 392 g/mol. The monoisotopic (exact) mass is 392 g/mol. The molecule has 0 aliphatic rings. The van der Waals surface area contributed by atoms with Crippen LogP contribution in [-0.4, -0.2) is 28.0 Å². The van der Waals surface area contributed by atoms with Crippen molar-refractivity contribution in [2.75, 3.05) is 0 Å². The molecule has 0 radical (unpaired) electrons. The quantitative estimate of drug-likeness (QED) is 0.574. The summed E-state index contributed by atoms with van der Waals surface area (Å²) in [5, 5.41) is 12.2. The first-order valence-corrected chi connectivity index (χ1v) is 9.57. The summed E-state index contributed by atoms with van der Waals surface area (Å²) in [4.78, 5) is 39.9. The Morgan fingerprint density at radius 3 is 2.45 bits per heavy atom. The van der Waals surface area contributed by atoms with Crippen LogP contribution in [0.15, 0.2) is 59.5 Å². The topological polar surface area (TPSA) is 99.3 Å². The van der Waals surface area contributed by atoms with E-state index >= 15 is 0 Å². The van der Waals surface area contributed by atoms with Crippen LogP contribution >= 0.6 is 0 Å². The van der Waals surface area contributed by atoms with Gasteiger partial charge in [-0.25, -0.2) is 4.79 Å². The first kappa shape index (κ1) is 20.3. The van der Waals surface area contributed by atoms with Crippen molar-refractivity contribution in [3.8, 4) is 0 Å². The van der Waals surface area contributed by atoms with Crippen LogP contribution in [0.3, 0.4) is 0 Å². The molecule has 0 saturated carbocycles. The number of aromatic amines is 1. The summed E-state index contributed by atoms with van der Waals surface area (Å²) in [7, 11) is 0. The molecule has 1 amide bonds. The summed E-state index contributed by atoms with van der Waals surface area (Å²) in [6.45, 7) is 3.75. The maximum Gasteiger partial charge on any atom is 0.326 e. The molecule has 0 unspecified atom stereocenters. The van der Waals surface area contributed by atoms with Crippen molar-refractivity contribution in [2.45, 2.75) is 32.7 Å². The van der Waals surface area contributed by atoms with Gasteiger partial charge in [0.25, 0.3) is 5.91 Å². The second-order valence-electron chi connectivity index (χ2n) is 7.57. The summed E-state index contributed by atoms with van der Waals surface area (Å²) >= 11 is 0. The molecule has 3 aromatic rings. The lowest BCUT2D eigenvalue weighted by Gasteiger charge is -2.16. The summed E-state index contributed by atoms with van der Waals surface area (Å²) in [5.41, 5.74) is 2.19. The van der Waals surface area contributed by atoms with E-state index in [9.17, 15) is 19.5 Å². The van der Waals surface area contributed by atoms with Gasteiger partial charge in [0, 0.05) is 17.1 Å². The van der Waals surface area contributed by atoms with Gasteiger partial charge in [0.05, 0.1) is 0 Å². The van der Waals surface area contributed by atoms with Crippen LogP contribution in [0.4, 0.5) is 0 Å². The number of carboxylic acids is 1. The Bertz CT molecular complexity index is 1090. The maximum atomic E-state index is 12.9. The zero-order valence-corrected chi connectivity index (χ0v) is 16.4. The largest absolute Gasteiger partial charge is 0.480 e. The molecular formula is C23H24N2O4. The highest BCUT2D eigenvalue weighted by Gasteiger charge is 2.23. The van der Waals surface area contributed by atoms with Gasteiger partial charge in [0.1, 0.15) is 11.6 Å². The number of pyridine rings is 1. The van der Waals surface area contributed by atoms with Crippen LogP contribution in [-0.2, 0) is 11.2 Å². The van der Waals surface area contributed by atoms with Crippen molar-refractivity contribution >= 4 is 22.8 Å². The summed E-state index contributed by atoms with van der Waals surface area (Å²) in [6, 6.07) is 14.4. The Kier molecular flexibility index (Phi) is 6.12. The molecule has 1 heterocycles. The third-order valence-corrected chi connectivity index (χ3v) is 4.75. The Hall–Kier alpha value is -3.41. The van der Waals surface area contributed by atoms with E-state index in [4.69, 9.17) is 0 Å². The maximum absolute atomic E-state index is 12.9. The smallest absolute Gasteiger partial charge is 0.326 e. The second kappa shape index (κ2) is 8.73. The molecule has 1 atom stereocenters. The number of carbonyl (C=O) groups is 2. The number of carbonyl (C=O) groups excluding carboxylic acids is 1. The lowest BCUT2D eigenvalue weighted by Crippen LogP contribution is -2.43. The van der Waals surface area contributed by atoms with Crippen molar-refractivity contribution in [3.05, 3.63) is 81.6 Å². The van der Waals surface area contributed by atoms with Gasteiger partial charge >= 0.3 is 5.97 Å². The highest BCUT2D eigenvalue weighted by Crippen LogP contribution is 2.15. The predicted molar refractivity (Wildman–Crippen MR) is 112 cm³/mol. The van der Waals surface area contributed by atoms with E-state index in [1.807, 2.05) is 56.3 Å². The minimum atomic E-state index is -1.12. The molecule has 6 nitrogen and oxygen atoms in total. The molecule has 1 aromatic heterocycles. The summed E-state index contributed by atoms with van der Waals surface area (Å²) in [5.74, 6) is -1.71. The van der Waals surface area contributed by atoms with Crippen LogP contribution in [0.2, 0.25) is 0 Å². The van der Waals surface area contributed by atoms with Crippen LogP contribution < -0.4 is 10.7 Å². The highest BCUT2D eigenvalue weighted by atomic mass is 16.4. The fourth-order valence-corrected chi connectivity index (χ4v) is 3.30. The van der Waals surface area contributed by atoms with E-state index in [0.717, 1.165) is 11.1 Å². The Labute approximate surface area is 168 Å². The van der Waals surface area contributed by atoms with Gasteiger partial charge in [-0.2, -0.15) is 0 Å². The van der Waals surface area contributed by atoms with E-state index in [1.54, 1.807) is 6.07 Å². The fraction of sp³-hybridized carbons (Fsp3) is 0.261. The van der Waals surface area contributed by atoms with Crippen LogP contribution in [0, 0.1) is 5.92 Å². The van der Waals surface area contributed by atoms with Gasteiger partial charge in [-0.1, -0.05) is 50.2 Å². The third kappa shape index (κ3) is 4.90. The van der Waals surface area contributed by atoms with Crippen molar-refractivity contribution < 1.29 is 14.7 Å². The van der Waals surface area contributed by atoms with Crippen LogP contribution in [0.1, 0.15) is 41.8 Å². The van der Waals surface area contributed by atoms with Gasteiger partial charge in [0.15, 0.2) is 0 Å².